The first-order valence-electron chi connectivity index (χ1n) is 11.0. The molecule has 0 saturated carbocycles. The molecule has 30 heavy (non-hydrogen) atoms. The van der Waals surface area contributed by atoms with E-state index in [0.717, 1.165) is 19.3 Å². The third kappa shape index (κ3) is 8.42. The van der Waals surface area contributed by atoms with Gasteiger partial charge in [-0.25, -0.2) is 0 Å². The van der Waals surface area contributed by atoms with E-state index in [1.54, 1.807) is 0 Å². The Morgan fingerprint density at radius 3 is 2.10 bits per heavy atom. The van der Waals surface area contributed by atoms with Crippen molar-refractivity contribution in [2.24, 2.45) is 5.41 Å². The molecule has 1 aliphatic rings. The number of unbranched alkanes of at least 4 members (excludes halogenated alkanes) is 3. The molecule has 3 N–H and O–H groups in total. The Balaban J connectivity index is 2.54. The lowest BCUT2D eigenvalue weighted by molar-refractivity contribution is -0.143. The van der Waals surface area contributed by atoms with Crippen molar-refractivity contribution in [3.8, 4) is 0 Å². The lowest BCUT2D eigenvalue weighted by Gasteiger charge is -2.35. The maximum atomic E-state index is 13.1. The normalized spacial score (nSPS) is 20.0. The zero-order valence-corrected chi connectivity index (χ0v) is 19.1. The number of Topliss-reactive ketones (excluding diaryl/α,β-unsaturated/α-hetero) is 1. The Morgan fingerprint density at radius 2 is 1.60 bits per heavy atom. The third-order valence-corrected chi connectivity index (χ3v) is 5.38. The van der Waals surface area contributed by atoms with E-state index in [0.29, 0.717) is 25.8 Å². The number of hydrogen-bond acceptors (Lipinski definition) is 5. The largest absolute Gasteiger partial charge is 0.391 e. The highest BCUT2D eigenvalue weighted by atomic mass is 16.3. The summed E-state index contributed by atoms with van der Waals surface area (Å²) >= 11 is 0. The number of ketones is 1. The molecule has 8 heteroatoms. The fourth-order valence-corrected chi connectivity index (χ4v) is 3.70. The summed E-state index contributed by atoms with van der Waals surface area (Å²) in [6.07, 6.45) is 3.51. The lowest BCUT2D eigenvalue weighted by atomic mass is 9.85. The maximum absolute atomic E-state index is 13.1. The second-order valence-electron chi connectivity index (χ2n) is 9.24. The zero-order chi connectivity index (χ0) is 22.9. The van der Waals surface area contributed by atoms with E-state index in [-0.39, 0.29) is 36.5 Å². The van der Waals surface area contributed by atoms with Crippen LogP contribution in [0.25, 0.3) is 0 Å². The Labute approximate surface area is 180 Å². The van der Waals surface area contributed by atoms with Crippen LogP contribution in [0.4, 0.5) is 0 Å². The second-order valence-corrected chi connectivity index (χ2v) is 9.24. The number of nitrogens with one attached hydrogen (secondary N) is 2. The van der Waals surface area contributed by atoms with Gasteiger partial charge >= 0.3 is 0 Å². The molecule has 1 fully saturated rings. The monoisotopic (exact) mass is 425 g/mol. The molecule has 0 aliphatic carbocycles. The molecule has 0 radical (unpaired) electrons. The summed E-state index contributed by atoms with van der Waals surface area (Å²) in [5.74, 6) is -0.634. The average Bonchev–Trinajstić information content (AvgIpc) is 3.03. The molecule has 1 saturated heterocycles. The van der Waals surface area contributed by atoms with Crippen molar-refractivity contribution in [3.63, 3.8) is 0 Å². The van der Waals surface area contributed by atoms with Gasteiger partial charge in [0.2, 0.25) is 17.7 Å². The maximum Gasteiger partial charge on any atom is 0.246 e. The summed E-state index contributed by atoms with van der Waals surface area (Å²) in [6, 6.07) is -1.41. The number of aliphatic hydroxyl groups is 1. The number of carbonyl (C=O) groups is 4. The number of carbonyl (C=O) groups excluding carboxylic acids is 4. The summed E-state index contributed by atoms with van der Waals surface area (Å²) in [6.45, 7) is 9.65. The van der Waals surface area contributed by atoms with Crippen LogP contribution in [0.5, 0.6) is 0 Å². The summed E-state index contributed by atoms with van der Waals surface area (Å²) in [7, 11) is 0. The van der Waals surface area contributed by atoms with Crippen molar-refractivity contribution in [2.45, 2.75) is 97.8 Å². The van der Waals surface area contributed by atoms with Crippen LogP contribution in [0.3, 0.4) is 0 Å². The number of β-amino-alcohol motifs (C(OH)–C–C–N with tert-alkyl or cyclic N) is 1. The van der Waals surface area contributed by atoms with Crippen molar-refractivity contribution in [3.05, 3.63) is 0 Å². The van der Waals surface area contributed by atoms with Gasteiger partial charge in [-0.3, -0.25) is 19.2 Å². The van der Waals surface area contributed by atoms with Gasteiger partial charge < -0.3 is 20.6 Å². The Hall–Kier alpha value is -1.96. The van der Waals surface area contributed by atoms with Crippen molar-refractivity contribution in [2.75, 3.05) is 13.1 Å². The minimum Gasteiger partial charge on any atom is -0.391 e. The van der Waals surface area contributed by atoms with Gasteiger partial charge in [-0.05, 0) is 32.1 Å². The molecule has 8 nitrogen and oxygen atoms in total. The first kappa shape index (κ1) is 26.1. The average molecular weight is 426 g/mol. The molecular formula is C22H39N3O5. The van der Waals surface area contributed by atoms with E-state index in [1.807, 2.05) is 27.7 Å². The van der Waals surface area contributed by atoms with Crippen molar-refractivity contribution in [1.29, 1.82) is 0 Å². The highest BCUT2D eigenvalue weighted by molar-refractivity contribution is 5.93. The van der Waals surface area contributed by atoms with E-state index in [4.69, 9.17) is 0 Å². The number of aliphatic hydroxyl groups excluding tert-OH is 1. The molecular weight excluding hydrogens is 386 g/mol. The molecule has 0 aromatic rings. The predicted octanol–water partition coefficient (Wildman–Crippen LogP) is 1.54. The van der Waals surface area contributed by atoms with Crippen molar-refractivity contribution < 1.29 is 24.3 Å². The molecule has 3 amide bonds. The number of rotatable bonds is 11. The number of likely N-dealkylation sites (tertiary alicyclic amines) is 1. The third-order valence-electron chi connectivity index (χ3n) is 5.38. The van der Waals surface area contributed by atoms with Gasteiger partial charge in [0.15, 0.2) is 5.78 Å². The number of amides is 3. The van der Waals surface area contributed by atoms with E-state index in [9.17, 15) is 24.3 Å². The molecule has 1 aliphatic heterocycles. The molecule has 0 bridgehead atoms. The summed E-state index contributed by atoms with van der Waals surface area (Å²) in [5, 5.41) is 15.5. The van der Waals surface area contributed by atoms with Gasteiger partial charge in [0, 0.05) is 32.4 Å². The van der Waals surface area contributed by atoms with Gasteiger partial charge in [-0.15, -0.1) is 0 Å². The van der Waals surface area contributed by atoms with Gasteiger partial charge in [-0.1, -0.05) is 33.6 Å². The van der Waals surface area contributed by atoms with Crippen LogP contribution in [0.2, 0.25) is 0 Å². The minimum atomic E-state index is -0.769. The van der Waals surface area contributed by atoms with Gasteiger partial charge in [-0.2, -0.15) is 0 Å². The molecule has 0 aromatic carbocycles. The molecule has 172 valence electrons. The summed E-state index contributed by atoms with van der Waals surface area (Å²) in [5.41, 5.74) is -0.533. The quantitative estimate of drug-likeness (QED) is 0.434. The van der Waals surface area contributed by atoms with E-state index in [2.05, 4.69) is 10.6 Å². The first-order valence-corrected chi connectivity index (χ1v) is 11.0. The molecule has 0 spiro atoms. The van der Waals surface area contributed by atoms with Crippen LogP contribution in [0.1, 0.15) is 79.6 Å². The number of hydrogen-bond donors (Lipinski definition) is 3. The smallest absolute Gasteiger partial charge is 0.246 e. The molecule has 1 rings (SSSR count). The minimum absolute atomic E-state index is 0.0534. The first-order chi connectivity index (χ1) is 14.0. The van der Waals surface area contributed by atoms with Crippen LogP contribution in [0, 0.1) is 5.41 Å². The highest BCUT2D eigenvalue weighted by Crippen LogP contribution is 2.26. The molecule has 1 heterocycles. The highest BCUT2D eigenvalue weighted by Gasteiger charge is 2.43. The van der Waals surface area contributed by atoms with Crippen LogP contribution in [-0.2, 0) is 19.2 Å². The lowest BCUT2D eigenvalue weighted by Crippen LogP contribution is -2.56. The fraction of sp³-hybridized carbons (Fsp3) is 0.818. The van der Waals surface area contributed by atoms with E-state index in [1.165, 1.54) is 11.8 Å². The number of nitrogens with zero attached hydrogens (tertiary/aromatic N) is 1. The molecule has 0 aromatic heterocycles. The van der Waals surface area contributed by atoms with E-state index < -0.39 is 23.6 Å². The van der Waals surface area contributed by atoms with Crippen LogP contribution in [-0.4, -0.2) is 64.8 Å². The summed E-state index contributed by atoms with van der Waals surface area (Å²) in [4.78, 5) is 50.3. The fourth-order valence-electron chi connectivity index (χ4n) is 3.70. The van der Waals surface area contributed by atoms with Crippen molar-refractivity contribution >= 4 is 23.5 Å². The molecule has 0 unspecified atom stereocenters. The summed E-state index contributed by atoms with van der Waals surface area (Å²) < 4.78 is 0. The Bertz CT molecular complexity index is 614. The predicted molar refractivity (Wildman–Crippen MR) is 115 cm³/mol. The van der Waals surface area contributed by atoms with Gasteiger partial charge in [0.05, 0.1) is 12.1 Å². The van der Waals surface area contributed by atoms with Gasteiger partial charge in [0.1, 0.15) is 6.04 Å². The van der Waals surface area contributed by atoms with Crippen LogP contribution in [0.15, 0.2) is 0 Å². The van der Waals surface area contributed by atoms with Crippen LogP contribution >= 0.6 is 0 Å². The Morgan fingerprint density at radius 1 is 1.03 bits per heavy atom. The zero-order valence-electron chi connectivity index (χ0n) is 19.1. The van der Waals surface area contributed by atoms with Crippen molar-refractivity contribution in [1.82, 2.24) is 15.5 Å². The SMILES string of the molecule is CCNC(=O)CCCCCCC(=O)N[C@H](C(=O)N1C[C@H](O)C[C@H]1C(C)=O)C(C)(C)C. The second kappa shape index (κ2) is 12.0. The Kier molecular flexibility index (Phi) is 10.5. The molecule has 3 atom stereocenters. The topological polar surface area (TPSA) is 116 Å². The standard InChI is InChI=1S/C22H39N3O5/c1-6-23-18(28)11-9-7-8-10-12-19(29)24-20(22(3,4)5)21(30)25-14-16(27)13-17(25)15(2)26/h16-17,20,27H,6-14H2,1-5H3,(H,23,28)(H,24,29)/t16-,17+,20-/m1/s1. The van der Waals surface area contributed by atoms with Crippen LogP contribution < -0.4 is 10.6 Å². The van der Waals surface area contributed by atoms with Gasteiger partial charge in [0.25, 0.3) is 0 Å². The van der Waals surface area contributed by atoms with E-state index >= 15 is 0 Å².